The van der Waals surface area contributed by atoms with Crippen LogP contribution in [0.4, 0.5) is 0 Å². The Morgan fingerprint density at radius 1 is 0.769 bits per heavy atom. The third-order valence-electron chi connectivity index (χ3n) is 16.8. The first kappa shape index (κ1) is 45.8. The van der Waals surface area contributed by atoms with E-state index in [1.54, 1.807) is 87.5 Å². The summed E-state index contributed by atoms with van der Waals surface area (Å²) in [6.07, 6.45) is -2.81. The maximum atomic E-state index is 15.0. The summed E-state index contributed by atoms with van der Waals surface area (Å²) in [5.74, 6) is -6.67. The molecule has 2 bridgehead atoms. The summed E-state index contributed by atoms with van der Waals surface area (Å²) < 4.78 is 45.2. The molecule has 1 saturated heterocycles. The van der Waals surface area contributed by atoms with E-state index < -0.39 is 111 Å². The Kier molecular flexibility index (Phi) is 11.0. The second-order valence-electron chi connectivity index (χ2n) is 19.9. The van der Waals surface area contributed by atoms with E-state index in [0.29, 0.717) is 11.1 Å². The van der Waals surface area contributed by atoms with E-state index >= 15 is 0 Å². The van der Waals surface area contributed by atoms with Crippen LogP contribution in [0.3, 0.4) is 0 Å². The van der Waals surface area contributed by atoms with Crippen molar-refractivity contribution >= 4 is 41.6 Å². The first-order chi connectivity index (χ1) is 30.6. The summed E-state index contributed by atoms with van der Waals surface area (Å²) in [6.45, 7) is 14.5. The van der Waals surface area contributed by atoms with Crippen LogP contribution in [0.2, 0.25) is 0 Å². The van der Waals surface area contributed by atoms with Gasteiger partial charge in [0, 0.05) is 57.3 Å². The van der Waals surface area contributed by atoms with Gasteiger partial charge in [0.05, 0.1) is 34.5 Å². The second kappa shape index (κ2) is 15.7. The Morgan fingerprint density at radius 3 is 1.91 bits per heavy atom. The van der Waals surface area contributed by atoms with Gasteiger partial charge in [0.25, 0.3) is 0 Å². The Bertz CT molecular complexity index is 2420. The fourth-order valence-electron chi connectivity index (χ4n) is 14.3. The lowest BCUT2D eigenvalue weighted by Gasteiger charge is -2.68. The first-order valence-electron chi connectivity index (χ1n) is 22.3. The van der Waals surface area contributed by atoms with Crippen LogP contribution in [0.1, 0.15) is 109 Å². The van der Waals surface area contributed by atoms with E-state index in [-0.39, 0.29) is 55.0 Å². The fourth-order valence-corrected chi connectivity index (χ4v) is 14.3. The van der Waals surface area contributed by atoms with Gasteiger partial charge in [0.15, 0.2) is 11.5 Å². The lowest BCUT2D eigenvalue weighted by molar-refractivity contribution is -0.276. The van der Waals surface area contributed by atoms with Crippen LogP contribution >= 0.6 is 0 Å². The lowest BCUT2D eigenvalue weighted by Crippen LogP contribution is -2.76. The third-order valence-corrected chi connectivity index (χ3v) is 16.8. The van der Waals surface area contributed by atoms with Gasteiger partial charge in [-0.3, -0.25) is 24.0 Å². The predicted octanol–water partition coefficient (Wildman–Crippen LogP) is 7.08. The van der Waals surface area contributed by atoms with Gasteiger partial charge in [0.2, 0.25) is 0 Å². The van der Waals surface area contributed by atoms with Gasteiger partial charge in [-0.2, -0.15) is 0 Å². The van der Waals surface area contributed by atoms with Crippen molar-refractivity contribution in [2.24, 2.45) is 44.8 Å². The molecule has 8 rings (SSSR count). The van der Waals surface area contributed by atoms with E-state index in [1.165, 1.54) is 27.9 Å². The zero-order valence-corrected chi connectivity index (χ0v) is 38.6. The lowest BCUT2D eigenvalue weighted by atomic mass is 9.36. The van der Waals surface area contributed by atoms with Gasteiger partial charge >= 0.3 is 35.8 Å². The SMILES string of the molecule is COC1=C(C)[C@@]2(C)C[C@@H](OC(C)=O)[C@H]3[C@](COC(C)=O)([C@H]2CC1=O)[C@@H](OC(C)=O)[C@H](C)[C@@]31C(C)=C[C@H](OC(=O)c2ccccc2)[C@@]2(C)[C@@H](OC(=O)c3ccccc3)C[C@@]3(C)C[C@@]21OC3=O. The zero-order valence-electron chi connectivity index (χ0n) is 38.6. The van der Waals surface area contributed by atoms with E-state index in [1.807, 2.05) is 20.8 Å². The summed E-state index contributed by atoms with van der Waals surface area (Å²) >= 11 is 0. The Morgan fingerprint density at radius 2 is 1.35 bits per heavy atom. The Labute approximate surface area is 378 Å². The molecular weight excluding hydrogens is 837 g/mol. The molecule has 0 aromatic heterocycles. The minimum absolute atomic E-state index is 0.0109. The average molecular weight is 895 g/mol. The van der Waals surface area contributed by atoms with Gasteiger partial charge in [0.1, 0.15) is 36.6 Å². The fraction of sp³-hybridized carbons (Fsp3) is 0.549. The smallest absolute Gasteiger partial charge is 0.338 e. The minimum Gasteiger partial charge on any atom is -0.493 e. The van der Waals surface area contributed by atoms with E-state index in [9.17, 15) is 33.6 Å². The molecule has 346 valence electrons. The highest BCUT2D eigenvalue weighted by atomic mass is 16.6. The van der Waals surface area contributed by atoms with Gasteiger partial charge in [-0.15, -0.1) is 0 Å². The van der Waals surface area contributed by atoms with Crippen molar-refractivity contribution in [2.75, 3.05) is 13.7 Å². The number of ether oxygens (including phenoxy) is 7. The molecular formula is C51H58O14. The van der Waals surface area contributed by atoms with Crippen LogP contribution in [0, 0.1) is 44.8 Å². The molecule has 0 unspecified atom stereocenters. The molecule has 14 nitrogen and oxygen atoms in total. The third kappa shape index (κ3) is 6.27. The molecule has 2 spiro atoms. The normalized spacial score (nSPS) is 38.9. The monoisotopic (exact) mass is 894 g/mol. The van der Waals surface area contributed by atoms with Gasteiger partial charge < -0.3 is 33.2 Å². The van der Waals surface area contributed by atoms with Crippen LogP contribution in [0.25, 0.3) is 0 Å². The maximum Gasteiger partial charge on any atom is 0.338 e. The predicted molar refractivity (Wildman–Crippen MR) is 230 cm³/mol. The van der Waals surface area contributed by atoms with Gasteiger partial charge in [-0.05, 0) is 81.4 Å². The van der Waals surface area contributed by atoms with Crippen LogP contribution in [0.15, 0.2) is 83.6 Å². The van der Waals surface area contributed by atoms with Crippen molar-refractivity contribution < 1.29 is 66.7 Å². The van der Waals surface area contributed by atoms with Crippen LogP contribution in [0.5, 0.6) is 0 Å². The molecule has 2 aromatic carbocycles. The van der Waals surface area contributed by atoms with Gasteiger partial charge in [-0.1, -0.05) is 55.8 Å². The largest absolute Gasteiger partial charge is 0.493 e. The Balaban J connectivity index is 1.48. The molecule has 13 atom stereocenters. The van der Waals surface area contributed by atoms with Crippen molar-refractivity contribution in [3.8, 4) is 0 Å². The second-order valence-corrected chi connectivity index (χ2v) is 19.9. The molecule has 2 aromatic rings. The maximum absolute atomic E-state index is 15.0. The number of esters is 6. The van der Waals surface area contributed by atoms with Crippen molar-refractivity contribution in [1.29, 1.82) is 0 Å². The van der Waals surface area contributed by atoms with Crippen LogP contribution < -0.4 is 0 Å². The van der Waals surface area contributed by atoms with Crippen molar-refractivity contribution in [2.45, 2.75) is 118 Å². The molecule has 5 aliphatic carbocycles. The van der Waals surface area contributed by atoms with E-state index in [0.717, 1.165) is 0 Å². The number of carbonyl (C=O) groups is 7. The van der Waals surface area contributed by atoms with Crippen molar-refractivity contribution in [3.63, 3.8) is 0 Å². The Hall–Kier alpha value is -5.79. The quantitative estimate of drug-likeness (QED) is 0.141. The summed E-state index contributed by atoms with van der Waals surface area (Å²) in [6, 6.07) is 16.8. The summed E-state index contributed by atoms with van der Waals surface area (Å²) in [5.41, 5.74) is -7.08. The molecule has 3 saturated carbocycles. The highest BCUT2D eigenvalue weighted by Gasteiger charge is 2.90. The number of methoxy groups -OCH3 is 1. The van der Waals surface area contributed by atoms with Crippen LogP contribution in [-0.4, -0.2) is 85.3 Å². The zero-order chi connectivity index (χ0) is 47.2. The molecule has 6 aliphatic rings. The number of Topliss-reactive ketones (excluding diaryl/α,β-unsaturated/α-hetero) is 1. The number of ketones is 1. The molecule has 65 heavy (non-hydrogen) atoms. The molecule has 4 fully saturated rings. The van der Waals surface area contributed by atoms with E-state index in [4.69, 9.17) is 33.2 Å². The average Bonchev–Trinajstić information content (AvgIpc) is 3.62. The summed E-state index contributed by atoms with van der Waals surface area (Å²) in [5, 5.41) is 0. The number of rotatable bonds is 9. The number of benzene rings is 2. The highest BCUT2D eigenvalue weighted by Crippen LogP contribution is 2.82. The number of allylic oxidation sites excluding steroid dienone is 2. The summed E-state index contributed by atoms with van der Waals surface area (Å²) in [4.78, 5) is 98.4. The molecule has 14 heteroatoms. The molecule has 0 amide bonds. The molecule has 0 radical (unpaired) electrons. The van der Waals surface area contributed by atoms with Crippen molar-refractivity contribution in [3.05, 3.63) is 94.8 Å². The standard InChI is InChI=1S/C51H58O14/c1-27-21-38(63-43(56)33-17-13-11-14-18-33)48(9)39(64-44(57)34-19-15-12-16-20-34)24-46(7)25-50(48,65-45(46)58)51(27)29(3)42(62-32(6)54)49(26-60-30(4)52)37-22-35(55)40(59-10)28(2)47(37,8)23-36(41(49)51)61-31(5)53/h11-21,29,36-39,41-42H,22-26H2,1-10H3/t29-,36+,37-,38-,39-,41-,42-,46-,47+,48-,49-,50+,51-/m0/s1. The highest BCUT2D eigenvalue weighted by molar-refractivity contribution is 5.96. The van der Waals surface area contributed by atoms with Gasteiger partial charge in [-0.25, -0.2) is 9.59 Å². The summed E-state index contributed by atoms with van der Waals surface area (Å²) in [7, 11) is 1.42. The van der Waals surface area contributed by atoms with E-state index in [2.05, 4.69) is 0 Å². The number of hydrogen-bond acceptors (Lipinski definition) is 14. The number of carbonyl (C=O) groups excluding carboxylic acids is 7. The van der Waals surface area contributed by atoms with Crippen LogP contribution in [-0.2, 0) is 57.1 Å². The number of fused-ring (bicyclic) bond motifs is 5. The molecule has 0 N–H and O–H groups in total. The minimum atomic E-state index is -1.79. The number of hydrogen-bond donors (Lipinski definition) is 0. The molecule has 1 aliphatic heterocycles. The first-order valence-corrected chi connectivity index (χ1v) is 22.3. The molecule has 1 heterocycles. The topological polar surface area (TPSA) is 184 Å². The van der Waals surface area contributed by atoms with Crippen molar-refractivity contribution in [1.82, 2.24) is 0 Å².